The third kappa shape index (κ3) is 10.9. The normalized spacial score (nSPS) is 16.9. The molecule has 2 atom stereocenters. The van der Waals surface area contributed by atoms with Crippen LogP contribution in [0.3, 0.4) is 0 Å². The summed E-state index contributed by atoms with van der Waals surface area (Å²) < 4.78 is 57.7. The first-order valence-electron chi connectivity index (χ1n) is 11.9. The van der Waals surface area contributed by atoms with Gasteiger partial charge in [-0.15, -0.1) is 11.8 Å². The molecule has 0 saturated heterocycles. The third-order valence-corrected chi connectivity index (χ3v) is 8.63. The smallest absolute Gasteiger partial charge is 0.475 e. The average molecular weight is 601 g/mol. The number of aliphatic carboxylic acids is 1. The number of carboxylic acid groups (broad SMARTS) is 1. The second-order valence-electron chi connectivity index (χ2n) is 8.66. The molecule has 2 amide bonds. The first-order valence-corrected chi connectivity index (χ1v) is 14.6. The van der Waals surface area contributed by atoms with Crippen molar-refractivity contribution in [3.63, 3.8) is 0 Å². The maximum atomic E-state index is 13.0. The fraction of sp³-hybridized carbons (Fsp3) is 0.400. The maximum Gasteiger partial charge on any atom is 0.490 e. The molecule has 0 bridgehead atoms. The van der Waals surface area contributed by atoms with Crippen LogP contribution in [0.2, 0.25) is 0 Å². The minimum atomic E-state index is -5.08. The quantitative estimate of drug-likeness (QED) is 0.288. The van der Waals surface area contributed by atoms with E-state index >= 15 is 0 Å². The summed E-state index contributed by atoms with van der Waals surface area (Å²) in [6, 6.07) is 11.8. The first-order chi connectivity index (χ1) is 18.8. The number of halogens is 3. The molecule has 1 heterocycles. The standard InChI is InChI=1S/C23H26N4O4S2.C2HF3O2/c24-11-13-26-23(29)21-6-2-1-4-17(21)16-33(30,31)20-9-7-19(8-10-20)32-15-22(28)27-18-5-3-12-25-14-18;3-2(4,5)1(6)7/h3,5,7-10,12,14,17,21H,1-2,4,6,13,15-16H2,(H,26,29)(H,27,28);(H,6,7)/t17-,21+;/m0./s1. The number of thioether (sulfide) groups is 1. The summed E-state index contributed by atoms with van der Waals surface area (Å²) in [6.45, 7) is -0.0752. The molecule has 0 spiro atoms. The number of anilines is 1. The van der Waals surface area contributed by atoms with Crippen molar-refractivity contribution in [3.8, 4) is 6.07 Å². The molecule has 0 radical (unpaired) electrons. The van der Waals surface area contributed by atoms with Crippen molar-refractivity contribution in [2.24, 2.45) is 11.8 Å². The summed E-state index contributed by atoms with van der Waals surface area (Å²) in [6.07, 6.45) is 1.17. The number of hydrogen-bond donors (Lipinski definition) is 3. The van der Waals surface area contributed by atoms with Gasteiger partial charge in [-0.05, 0) is 55.2 Å². The van der Waals surface area contributed by atoms with E-state index in [0.717, 1.165) is 17.7 Å². The second-order valence-corrected chi connectivity index (χ2v) is 11.7. The van der Waals surface area contributed by atoms with Crippen LogP contribution < -0.4 is 10.6 Å². The van der Waals surface area contributed by atoms with Gasteiger partial charge < -0.3 is 15.7 Å². The lowest BCUT2D eigenvalue weighted by Gasteiger charge is -2.30. The van der Waals surface area contributed by atoms with Gasteiger partial charge in [0.25, 0.3) is 0 Å². The van der Waals surface area contributed by atoms with E-state index in [9.17, 15) is 31.2 Å². The fourth-order valence-electron chi connectivity index (χ4n) is 3.91. The Kier molecular flexibility index (Phi) is 12.4. The van der Waals surface area contributed by atoms with Gasteiger partial charge in [0.05, 0.1) is 34.4 Å². The Bertz CT molecular complexity index is 1300. The maximum absolute atomic E-state index is 13.0. The topological polar surface area (TPSA) is 166 Å². The van der Waals surface area contributed by atoms with E-state index in [1.165, 1.54) is 11.8 Å². The molecule has 3 rings (SSSR count). The van der Waals surface area contributed by atoms with Crippen molar-refractivity contribution in [3.05, 3.63) is 48.8 Å². The van der Waals surface area contributed by atoms with Crippen molar-refractivity contribution < 1.29 is 41.1 Å². The highest BCUT2D eigenvalue weighted by Gasteiger charge is 2.38. The number of hydrogen-bond acceptors (Lipinski definition) is 8. The number of carboxylic acids is 1. The Balaban J connectivity index is 0.000000708. The number of nitrogens with one attached hydrogen (secondary N) is 2. The lowest BCUT2D eigenvalue weighted by atomic mass is 9.80. The van der Waals surface area contributed by atoms with Gasteiger partial charge >= 0.3 is 12.1 Å². The van der Waals surface area contributed by atoms with Crippen molar-refractivity contribution in [2.45, 2.75) is 41.7 Å². The molecule has 15 heteroatoms. The predicted molar refractivity (Wildman–Crippen MR) is 140 cm³/mol. The van der Waals surface area contributed by atoms with E-state index in [1.807, 2.05) is 6.07 Å². The largest absolute Gasteiger partial charge is 0.490 e. The van der Waals surface area contributed by atoms with Gasteiger partial charge in [0.15, 0.2) is 9.84 Å². The number of nitrogens with zero attached hydrogens (tertiary/aromatic N) is 2. The van der Waals surface area contributed by atoms with Crippen molar-refractivity contribution in [2.75, 3.05) is 23.4 Å². The predicted octanol–water partition coefficient (Wildman–Crippen LogP) is 3.67. The molecule has 3 N–H and O–H groups in total. The van der Waals surface area contributed by atoms with E-state index in [4.69, 9.17) is 15.2 Å². The second kappa shape index (κ2) is 15.2. The van der Waals surface area contributed by atoms with Crippen LogP contribution in [-0.2, 0) is 24.2 Å². The van der Waals surface area contributed by atoms with E-state index in [-0.39, 0.29) is 40.7 Å². The molecule has 216 valence electrons. The number of aromatic nitrogens is 1. The third-order valence-electron chi connectivity index (χ3n) is 5.76. The highest BCUT2D eigenvalue weighted by atomic mass is 32.2. The van der Waals surface area contributed by atoms with Crippen LogP contribution in [0.25, 0.3) is 0 Å². The number of nitriles is 1. The Labute approximate surface area is 233 Å². The van der Waals surface area contributed by atoms with Crippen molar-refractivity contribution in [1.82, 2.24) is 10.3 Å². The molecule has 1 aromatic heterocycles. The van der Waals surface area contributed by atoms with Crippen LogP contribution in [0.15, 0.2) is 58.6 Å². The van der Waals surface area contributed by atoms with Gasteiger partial charge in [0.1, 0.15) is 6.54 Å². The number of carbonyl (C=O) groups excluding carboxylic acids is 2. The van der Waals surface area contributed by atoms with E-state index in [2.05, 4.69) is 15.6 Å². The van der Waals surface area contributed by atoms with E-state index in [0.29, 0.717) is 18.5 Å². The summed E-state index contributed by atoms with van der Waals surface area (Å²) in [5, 5.41) is 21.1. The number of carbonyl (C=O) groups is 3. The highest BCUT2D eigenvalue weighted by Crippen LogP contribution is 2.33. The van der Waals surface area contributed by atoms with E-state index in [1.54, 1.807) is 48.8 Å². The number of pyridine rings is 1. The minimum Gasteiger partial charge on any atom is -0.475 e. The van der Waals surface area contributed by atoms with Gasteiger partial charge in [-0.1, -0.05) is 12.8 Å². The van der Waals surface area contributed by atoms with Crippen LogP contribution in [0.1, 0.15) is 25.7 Å². The molecule has 1 fully saturated rings. The number of sulfone groups is 1. The molecule has 0 unspecified atom stereocenters. The molecule has 2 aromatic rings. The monoisotopic (exact) mass is 600 g/mol. The summed E-state index contributed by atoms with van der Waals surface area (Å²) >= 11 is 1.31. The number of amides is 2. The molecule has 40 heavy (non-hydrogen) atoms. The van der Waals surface area contributed by atoms with Gasteiger partial charge in [0, 0.05) is 17.0 Å². The molecule has 0 aliphatic heterocycles. The van der Waals surface area contributed by atoms with Crippen LogP contribution in [0, 0.1) is 23.2 Å². The zero-order valence-electron chi connectivity index (χ0n) is 21.1. The summed E-state index contributed by atoms with van der Waals surface area (Å²) in [5.41, 5.74) is 0.617. The molecular formula is C25H27F3N4O6S2. The van der Waals surface area contributed by atoms with Crippen LogP contribution in [0.5, 0.6) is 0 Å². The number of rotatable bonds is 9. The fourth-order valence-corrected chi connectivity index (χ4v) is 6.32. The Morgan fingerprint density at radius 3 is 2.35 bits per heavy atom. The minimum absolute atomic E-state index is 0.0752. The highest BCUT2D eigenvalue weighted by molar-refractivity contribution is 8.00. The summed E-state index contributed by atoms with van der Waals surface area (Å²) in [7, 11) is -3.58. The van der Waals surface area contributed by atoms with Gasteiger partial charge in [-0.2, -0.15) is 18.4 Å². The molecule has 1 saturated carbocycles. The Morgan fingerprint density at radius 2 is 1.77 bits per heavy atom. The van der Waals surface area contributed by atoms with Gasteiger partial charge in [-0.3, -0.25) is 14.6 Å². The molecular weight excluding hydrogens is 573 g/mol. The summed E-state index contributed by atoms with van der Waals surface area (Å²) in [5.74, 6) is -3.76. The van der Waals surface area contributed by atoms with Gasteiger partial charge in [-0.25, -0.2) is 13.2 Å². The lowest BCUT2D eigenvalue weighted by molar-refractivity contribution is -0.192. The van der Waals surface area contributed by atoms with Crippen LogP contribution in [-0.4, -0.2) is 60.5 Å². The lowest BCUT2D eigenvalue weighted by Crippen LogP contribution is -2.39. The zero-order chi connectivity index (χ0) is 29.8. The molecule has 10 nitrogen and oxygen atoms in total. The molecule has 1 aliphatic rings. The van der Waals surface area contributed by atoms with E-state index < -0.39 is 27.9 Å². The van der Waals surface area contributed by atoms with Gasteiger partial charge in [0.2, 0.25) is 11.8 Å². The van der Waals surface area contributed by atoms with Crippen LogP contribution in [0.4, 0.5) is 18.9 Å². The molecule has 1 aliphatic carbocycles. The number of alkyl halides is 3. The van der Waals surface area contributed by atoms with Crippen molar-refractivity contribution >= 4 is 45.1 Å². The summed E-state index contributed by atoms with van der Waals surface area (Å²) in [4.78, 5) is 38.3. The molecule has 1 aromatic carbocycles. The average Bonchev–Trinajstić information content (AvgIpc) is 2.91. The Morgan fingerprint density at radius 1 is 1.12 bits per heavy atom. The van der Waals surface area contributed by atoms with Crippen LogP contribution >= 0.6 is 11.8 Å². The zero-order valence-corrected chi connectivity index (χ0v) is 22.7. The Hall–Kier alpha value is -3.64. The SMILES string of the molecule is N#CCNC(=O)[C@@H]1CCCC[C@H]1CS(=O)(=O)c1ccc(SCC(=O)Nc2cccnc2)cc1.O=C(O)C(F)(F)F. The first kappa shape index (κ1) is 32.6. The number of benzene rings is 1. The van der Waals surface area contributed by atoms with Crippen molar-refractivity contribution in [1.29, 1.82) is 5.26 Å².